The average Bonchev–Trinajstić information content (AvgIpc) is 2.84. The van der Waals surface area contributed by atoms with E-state index < -0.39 is 21.9 Å². The van der Waals surface area contributed by atoms with Crippen LogP contribution in [0.2, 0.25) is 0 Å². The van der Waals surface area contributed by atoms with Crippen LogP contribution in [0.25, 0.3) is 11.3 Å². The minimum Gasteiger partial charge on any atom is -0.287 e. The third-order valence-electron chi connectivity index (χ3n) is 3.20. The zero-order valence-corrected chi connectivity index (χ0v) is 11.9. The first-order valence-corrected chi connectivity index (χ1v) is 6.43. The van der Waals surface area contributed by atoms with E-state index in [2.05, 4.69) is 5.10 Å². The van der Waals surface area contributed by atoms with E-state index in [1.54, 1.807) is 20.9 Å². The smallest absolute Gasteiger partial charge is 0.287 e. The summed E-state index contributed by atoms with van der Waals surface area (Å²) in [5.74, 6) is 0. The molecule has 2 aromatic heterocycles. The quantitative estimate of drug-likeness (QED) is 0.597. The topological polar surface area (TPSA) is 105 Å². The maximum absolute atomic E-state index is 12.3. The standard InChI is InChI=1S/C12H15N5O4/c1-4-15-9(8-6-13-14(3)7-8)10(17(20)21)11(18)16(5-2)12(15)19/h6-7H,4-5H2,1-3H3. The van der Waals surface area contributed by atoms with Crippen molar-refractivity contribution in [3.05, 3.63) is 43.3 Å². The van der Waals surface area contributed by atoms with Gasteiger partial charge in [0.2, 0.25) is 0 Å². The Labute approximate surface area is 119 Å². The average molecular weight is 293 g/mol. The fourth-order valence-corrected chi connectivity index (χ4v) is 2.26. The highest BCUT2D eigenvalue weighted by Gasteiger charge is 2.28. The number of aromatic nitrogens is 4. The highest BCUT2D eigenvalue weighted by Crippen LogP contribution is 2.25. The zero-order valence-electron chi connectivity index (χ0n) is 11.9. The van der Waals surface area contributed by atoms with E-state index in [0.717, 1.165) is 4.57 Å². The summed E-state index contributed by atoms with van der Waals surface area (Å²) in [7, 11) is 1.65. The van der Waals surface area contributed by atoms with Crippen molar-refractivity contribution in [2.75, 3.05) is 0 Å². The van der Waals surface area contributed by atoms with Gasteiger partial charge in [-0.3, -0.25) is 28.7 Å². The summed E-state index contributed by atoms with van der Waals surface area (Å²) in [5, 5.41) is 15.3. The van der Waals surface area contributed by atoms with Crippen LogP contribution in [-0.4, -0.2) is 23.8 Å². The van der Waals surface area contributed by atoms with E-state index in [9.17, 15) is 19.7 Å². The van der Waals surface area contributed by atoms with Crippen molar-refractivity contribution in [1.29, 1.82) is 0 Å². The summed E-state index contributed by atoms with van der Waals surface area (Å²) in [4.78, 5) is 35.1. The predicted octanol–water partition coefficient (Wildman–Crippen LogP) is 0.359. The summed E-state index contributed by atoms with van der Waals surface area (Å²) < 4.78 is 3.54. The normalized spacial score (nSPS) is 10.8. The van der Waals surface area contributed by atoms with Crippen LogP contribution in [0.1, 0.15) is 13.8 Å². The highest BCUT2D eigenvalue weighted by molar-refractivity contribution is 5.68. The fraction of sp³-hybridized carbons (Fsp3) is 0.417. The molecule has 2 rings (SSSR count). The summed E-state index contributed by atoms with van der Waals surface area (Å²) in [6.45, 7) is 3.57. The van der Waals surface area contributed by atoms with Crippen molar-refractivity contribution in [3.8, 4) is 11.3 Å². The molecule has 0 aromatic carbocycles. The zero-order chi connectivity index (χ0) is 15.7. The number of hydrogen-bond donors (Lipinski definition) is 0. The summed E-state index contributed by atoms with van der Waals surface area (Å²) in [6, 6.07) is 0. The van der Waals surface area contributed by atoms with Crippen molar-refractivity contribution in [1.82, 2.24) is 18.9 Å². The van der Waals surface area contributed by atoms with Crippen molar-refractivity contribution >= 4 is 5.69 Å². The van der Waals surface area contributed by atoms with Gasteiger partial charge in [-0.25, -0.2) is 4.79 Å². The molecule has 0 aliphatic heterocycles. The molecule has 0 atom stereocenters. The van der Waals surface area contributed by atoms with E-state index in [0.29, 0.717) is 5.56 Å². The molecule has 0 N–H and O–H groups in total. The van der Waals surface area contributed by atoms with Gasteiger partial charge in [0.05, 0.1) is 11.1 Å². The van der Waals surface area contributed by atoms with Crippen LogP contribution >= 0.6 is 0 Å². The Balaban J connectivity index is 3.00. The van der Waals surface area contributed by atoms with Gasteiger partial charge in [-0.1, -0.05) is 0 Å². The van der Waals surface area contributed by atoms with Crippen molar-refractivity contribution in [2.45, 2.75) is 26.9 Å². The molecule has 0 amide bonds. The number of aryl methyl sites for hydroxylation is 1. The molecule has 0 bridgehead atoms. The Morgan fingerprint density at radius 3 is 2.29 bits per heavy atom. The van der Waals surface area contributed by atoms with Crippen molar-refractivity contribution in [2.24, 2.45) is 7.05 Å². The van der Waals surface area contributed by atoms with Crippen LogP contribution in [0.3, 0.4) is 0 Å². The largest absolute Gasteiger partial charge is 0.358 e. The molecule has 0 radical (unpaired) electrons. The van der Waals surface area contributed by atoms with Crippen LogP contribution in [-0.2, 0) is 20.1 Å². The van der Waals surface area contributed by atoms with E-state index >= 15 is 0 Å². The molecule has 0 unspecified atom stereocenters. The monoisotopic (exact) mass is 293 g/mol. The number of rotatable bonds is 4. The predicted molar refractivity (Wildman–Crippen MR) is 75.2 cm³/mol. The first-order chi connectivity index (χ1) is 9.92. The van der Waals surface area contributed by atoms with E-state index in [-0.39, 0.29) is 18.8 Å². The third-order valence-corrected chi connectivity index (χ3v) is 3.20. The van der Waals surface area contributed by atoms with E-state index in [1.165, 1.54) is 21.6 Å². The molecule has 0 saturated heterocycles. The van der Waals surface area contributed by atoms with Crippen LogP contribution in [0, 0.1) is 10.1 Å². The Morgan fingerprint density at radius 1 is 1.24 bits per heavy atom. The second kappa shape index (κ2) is 5.35. The molecule has 0 aliphatic carbocycles. The van der Waals surface area contributed by atoms with Gasteiger partial charge in [0.25, 0.3) is 0 Å². The molecule has 2 heterocycles. The molecule has 2 aromatic rings. The van der Waals surface area contributed by atoms with E-state index in [1.807, 2.05) is 0 Å². The molecular formula is C12H15N5O4. The van der Waals surface area contributed by atoms with Crippen LogP contribution in [0.15, 0.2) is 22.0 Å². The second-order valence-electron chi connectivity index (χ2n) is 4.43. The minimum absolute atomic E-state index is 0.00435. The van der Waals surface area contributed by atoms with Crippen LogP contribution in [0.4, 0.5) is 5.69 Å². The van der Waals surface area contributed by atoms with Crippen LogP contribution < -0.4 is 11.2 Å². The van der Waals surface area contributed by atoms with Gasteiger partial charge in [-0.05, 0) is 13.8 Å². The van der Waals surface area contributed by atoms with Gasteiger partial charge in [0.1, 0.15) is 5.69 Å². The van der Waals surface area contributed by atoms with Gasteiger partial charge >= 0.3 is 16.9 Å². The number of nitro groups is 1. The van der Waals surface area contributed by atoms with Crippen molar-refractivity contribution < 1.29 is 4.92 Å². The van der Waals surface area contributed by atoms with Gasteiger partial charge in [0, 0.05) is 31.9 Å². The van der Waals surface area contributed by atoms with E-state index in [4.69, 9.17) is 0 Å². The first-order valence-electron chi connectivity index (χ1n) is 6.43. The number of nitrogens with zero attached hydrogens (tertiary/aromatic N) is 5. The number of hydrogen-bond acceptors (Lipinski definition) is 5. The fourth-order valence-electron chi connectivity index (χ4n) is 2.26. The van der Waals surface area contributed by atoms with Gasteiger partial charge < -0.3 is 0 Å². The molecular weight excluding hydrogens is 278 g/mol. The minimum atomic E-state index is -0.893. The second-order valence-corrected chi connectivity index (χ2v) is 4.43. The molecule has 21 heavy (non-hydrogen) atoms. The lowest BCUT2D eigenvalue weighted by molar-refractivity contribution is -0.386. The summed E-state index contributed by atoms with van der Waals surface area (Å²) >= 11 is 0. The Hall–Kier alpha value is -2.71. The van der Waals surface area contributed by atoms with Gasteiger partial charge in [0.15, 0.2) is 0 Å². The Morgan fingerprint density at radius 2 is 1.86 bits per heavy atom. The van der Waals surface area contributed by atoms with Crippen molar-refractivity contribution in [3.63, 3.8) is 0 Å². The Kier molecular flexibility index (Phi) is 3.74. The molecule has 9 heteroatoms. The van der Waals surface area contributed by atoms with Crippen LogP contribution in [0.5, 0.6) is 0 Å². The summed E-state index contributed by atoms with van der Waals surface area (Å²) in [5.41, 5.74) is -1.70. The molecule has 112 valence electrons. The molecule has 0 aliphatic rings. The maximum atomic E-state index is 12.3. The molecule has 0 spiro atoms. The van der Waals surface area contributed by atoms with Gasteiger partial charge in [-0.15, -0.1) is 0 Å². The first kappa shape index (κ1) is 14.7. The van der Waals surface area contributed by atoms with Gasteiger partial charge in [-0.2, -0.15) is 5.10 Å². The third kappa shape index (κ3) is 2.26. The molecule has 0 fully saturated rings. The lowest BCUT2D eigenvalue weighted by Crippen LogP contribution is -2.41. The molecule has 0 saturated carbocycles. The SMILES string of the molecule is CCn1c(-c2cnn(C)c2)c([N+](=O)[O-])c(=O)n(CC)c1=O. The highest BCUT2D eigenvalue weighted by atomic mass is 16.6. The maximum Gasteiger partial charge on any atom is 0.358 e. The lowest BCUT2D eigenvalue weighted by Gasteiger charge is -2.12. The lowest BCUT2D eigenvalue weighted by atomic mass is 10.2. The Bertz CT molecular complexity index is 814. The molecule has 9 nitrogen and oxygen atoms in total. The summed E-state index contributed by atoms with van der Waals surface area (Å²) in [6.07, 6.45) is 2.92.